The summed E-state index contributed by atoms with van der Waals surface area (Å²) < 4.78 is 0.727. The third-order valence-electron chi connectivity index (χ3n) is 5.15. The lowest BCUT2D eigenvalue weighted by Gasteiger charge is -2.15. The Bertz CT molecular complexity index is 1190. The lowest BCUT2D eigenvalue weighted by Crippen LogP contribution is -2.11. The molecule has 6 heteroatoms. The van der Waals surface area contributed by atoms with E-state index in [0.29, 0.717) is 18.2 Å². The molecule has 1 atom stereocenters. The molecule has 27 heavy (non-hydrogen) atoms. The van der Waals surface area contributed by atoms with Crippen LogP contribution in [-0.4, -0.2) is 16.5 Å². The van der Waals surface area contributed by atoms with E-state index in [1.54, 1.807) is 0 Å². The number of nitrogens with two attached hydrogens (primary N) is 2. The summed E-state index contributed by atoms with van der Waals surface area (Å²) in [6.07, 6.45) is 0. The standard InChI is InChI=1S/C21H22N4OS/c1-11(9-22)13-3-5-14(6-4-13)17-12(2)24-16(10-23)19-18(17)15-7-8-27-20(15)21(26)25-19/h3-8,11H,9-10,22-23H2,1-2H3,(H,25,26). The van der Waals surface area contributed by atoms with Gasteiger partial charge in [0.05, 0.1) is 11.2 Å². The average molecular weight is 379 g/mol. The Morgan fingerprint density at radius 2 is 1.93 bits per heavy atom. The van der Waals surface area contributed by atoms with Crippen molar-refractivity contribution in [1.29, 1.82) is 0 Å². The molecule has 0 spiro atoms. The first-order valence-corrected chi connectivity index (χ1v) is 9.86. The molecule has 0 aliphatic heterocycles. The Balaban J connectivity index is 2.07. The Morgan fingerprint density at radius 3 is 2.59 bits per heavy atom. The van der Waals surface area contributed by atoms with Gasteiger partial charge in [-0.15, -0.1) is 11.3 Å². The lowest BCUT2D eigenvalue weighted by atomic mass is 9.93. The van der Waals surface area contributed by atoms with Gasteiger partial charge in [-0.25, -0.2) is 0 Å². The van der Waals surface area contributed by atoms with Crippen molar-refractivity contribution in [3.63, 3.8) is 0 Å². The van der Waals surface area contributed by atoms with Crippen molar-refractivity contribution in [3.05, 3.63) is 63.0 Å². The first-order chi connectivity index (χ1) is 13.0. The Hall–Kier alpha value is -2.54. The zero-order chi connectivity index (χ0) is 19.1. The van der Waals surface area contributed by atoms with Gasteiger partial charge in [0.2, 0.25) is 0 Å². The van der Waals surface area contributed by atoms with E-state index in [9.17, 15) is 4.79 Å². The van der Waals surface area contributed by atoms with Crippen LogP contribution in [0.25, 0.3) is 32.1 Å². The summed E-state index contributed by atoms with van der Waals surface area (Å²) in [6, 6.07) is 10.5. The monoisotopic (exact) mass is 378 g/mol. The predicted molar refractivity (Wildman–Crippen MR) is 113 cm³/mol. The minimum Gasteiger partial charge on any atom is -0.330 e. The zero-order valence-corrected chi connectivity index (χ0v) is 16.2. The number of aromatic amines is 1. The van der Waals surface area contributed by atoms with E-state index in [0.717, 1.165) is 37.8 Å². The molecule has 0 aliphatic carbocycles. The highest BCUT2D eigenvalue weighted by atomic mass is 32.1. The van der Waals surface area contributed by atoms with Gasteiger partial charge in [-0.2, -0.15) is 0 Å². The molecule has 3 aromatic heterocycles. The lowest BCUT2D eigenvalue weighted by molar-refractivity contribution is 0.774. The zero-order valence-electron chi connectivity index (χ0n) is 15.4. The minimum atomic E-state index is -0.0917. The van der Waals surface area contributed by atoms with Gasteiger partial charge in [-0.05, 0) is 42.0 Å². The van der Waals surface area contributed by atoms with Crippen LogP contribution in [-0.2, 0) is 6.54 Å². The molecule has 5 N–H and O–H groups in total. The van der Waals surface area contributed by atoms with Crippen LogP contribution >= 0.6 is 11.3 Å². The van der Waals surface area contributed by atoms with Crippen LogP contribution in [0.3, 0.4) is 0 Å². The van der Waals surface area contributed by atoms with Crippen molar-refractivity contribution in [2.75, 3.05) is 6.54 Å². The molecule has 0 bridgehead atoms. The Morgan fingerprint density at radius 1 is 1.19 bits per heavy atom. The third-order valence-corrected chi connectivity index (χ3v) is 6.06. The SMILES string of the molecule is Cc1nc(CN)c2[nH]c(=O)c3sccc3c2c1-c1ccc(C(C)CN)cc1. The van der Waals surface area contributed by atoms with Crippen LogP contribution in [0.15, 0.2) is 40.5 Å². The number of hydrogen-bond donors (Lipinski definition) is 3. The van der Waals surface area contributed by atoms with Gasteiger partial charge in [-0.1, -0.05) is 31.2 Å². The number of aromatic nitrogens is 2. The highest BCUT2D eigenvalue weighted by molar-refractivity contribution is 7.17. The fraction of sp³-hybridized carbons (Fsp3) is 0.238. The highest BCUT2D eigenvalue weighted by Crippen LogP contribution is 2.37. The summed E-state index contributed by atoms with van der Waals surface area (Å²) in [5.41, 5.74) is 17.3. The van der Waals surface area contributed by atoms with E-state index >= 15 is 0 Å². The minimum absolute atomic E-state index is 0.0917. The van der Waals surface area contributed by atoms with Crippen LogP contribution in [0.4, 0.5) is 0 Å². The Labute approximate surface area is 161 Å². The van der Waals surface area contributed by atoms with Gasteiger partial charge in [0.1, 0.15) is 4.70 Å². The van der Waals surface area contributed by atoms with Crippen molar-refractivity contribution >= 4 is 32.3 Å². The molecule has 5 nitrogen and oxygen atoms in total. The number of nitrogens with one attached hydrogen (secondary N) is 1. The molecule has 0 fully saturated rings. The number of thiophene rings is 1. The molecule has 0 aliphatic rings. The number of H-pyrrole nitrogens is 1. The van der Waals surface area contributed by atoms with Crippen molar-refractivity contribution in [2.24, 2.45) is 11.5 Å². The maximum Gasteiger partial charge on any atom is 0.266 e. The number of nitrogens with zero attached hydrogens (tertiary/aromatic N) is 1. The van der Waals surface area contributed by atoms with Gasteiger partial charge < -0.3 is 16.5 Å². The van der Waals surface area contributed by atoms with E-state index in [4.69, 9.17) is 16.5 Å². The molecule has 138 valence electrons. The number of fused-ring (bicyclic) bond motifs is 3. The fourth-order valence-electron chi connectivity index (χ4n) is 3.64. The highest BCUT2D eigenvalue weighted by Gasteiger charge is 2.18. The number of pyridine rings is 2. The van der Waals surface area contributed by atoms with Crippen LogP contribution in [0, 0.1) is 6.92 Å². The summed E-state index contributed by atoms with van der Waals surface area (Å²) in [6.45, 7) is 5.00. The molecule has 1 aromatic carbocycles. The van der Waals surface area contributed by atoms with E-state index in [1.165, 1.54) is 16.9 Å². The normalized spacial score (nSPS) is 12.7. The topological polar surface area (TPSA) is 97.8 Å². The summed E-state index contributed by atoms with van der Waals surface area (Å²) >= 11 is 1.45. The van der Waals surface area contributed by atoms with Gasteiger partial charge in [0, 0.05) is 28.6 Å². The van der Waals surface area contributed by atoms with E-state index in [1.807, 2.05) is 18.4 Å². The van der Waals surface area contributed by atoms with Crippen molar-refractivity contribution < 1.29 is 0 Å². The Kier molecular flexibility index (Phi) is 4.55. The molecule has 0 amide bonds. The van der Waals surface area contributed by atoms with Crippen molar-refractivity contribution in [3.8, 4) is 11.1 Å². The smallest absolute Gasteiger partial charge is 0.266 e. The molecule has 4 rings (SSSR count). The van der Waals surface area contributed by atoms with Crippen LogP contribution in [0.2, 0.25) is 0 Å². The summed E-state index contributed by atoms with van der Waals surface area (Å²) in [4.78, 5) is 20.2. The second kappa shape index (κ2) is 6.88. The molecular weight excluding hydrogens is 356 g/mol. The number of rotatable bonds is 4. The molecular formula is C21H22N4OS. The van der Waals surface area contributed by atoms with Crippen molar-refractivity contribution in [1.82, 2.24) is 9.97 Å². The summed E-state index contributed by atoms with van der Waals surface area (Å²) in [5.74, 6) is 0.314. The van der Waals surface area contributed by atoms with Gasteiger partial charge in [0.25, 0.3) is 5.56 Å². The maximum atomic E-state index is 12.5. The quantitative estimate of drug-likeness (QED) is 0.505. The first-order valence-electron chi connectivity index (χ1n) is 8.98. The largest absolute Gasteiger partial charge is 0.330 e. The van der Waals surface area contributed by atoms with E-state index in [-0.39, 0.29) is 12.1 Å². The molecule has 4 aromatic rings. The van der Waals surface area contributed by atoms with Crippen molar-refractivity contribution in [2.45, 2.75) is 26.3 Å². The van der Waals surface area contributed by atoms with E-state index in [2.05, 4.69) is 36.2 Å². The average Bonchev–Trinajstić information content (AvgIpc) is 3.18. The molecule has 3 heterocycles. The predicted octanol–water partition coefficient (Wildman–Crippen LogP) is 3.63. The first kappa shape index (κ1) is 17.9. The maximum absolute atomic E-state index is 12.5. The number of benzene rings is 1. The van der Waals surface area contributed by atoms with Crippen LogP contribution < -0.4 is 17.0 Å². The van der Waals surface area contributed by atoms with E-state index < -0.39 is 0 Å². The number of hydrogen-bond acceptors (Lipinski definition) is 5. The molecule has 1 unspecified atom stereocenters. The summed E-state index contributed by atoms with van der Waals surface area (Å²) in [5, 5.41) is 3.92. The fourth-order valence-corrected chi connectivity index (χ4v) is 4.43. The van der Waals surface area contributed by atoms with Gasteiger partial charge in [-0.3, -0.25) is 9.78 Å². The molecule has 0 saturated heterocycles. The molecule has 0 radical (unpaired) electrons. The molecule has 0 saturated carbocycles. The van der Waals surface area contributed by atoms with Gasteiger partial charge in [0.15, 0.2) is 0 Å². The second-order valence-corrected chi connectivity index (χ2v) is 7.77. The van der Waals surface area contributed by atoms with Crippen LogP contribution in [0.5, 0.6) is 0 Å². The third kappa shape index (κ3) is 2.86. The second-order valence-electron chi connectivity index (χ2n) is 6.85. The number of aryl methyl sites for hydroxylation is 1. The van der Waals surface area contributed by atoms with Crippen LogP contribution in [0.1, 0.15) is 29.8 Å². The summed E-state index contributed by atoms with van der Waals surface area (Å²) in [7, 11) is 0. The van der Waals surface area contributed by atoms with Gasteiger partial charge >= 0.3 is 0 Å².